The molecule has 0 unspecified atom stereocenters. The molecule has 1 spiro atoms. The molecule has 6 heteroatoms. The van der Waals surface area contributed by atoms with Crippen LogP contribution in [0.25, 0.3) is 0 Å². The first-order valence-corrected chi connectivity index (χ1v) is 10.5. The average Bonchev–Trinajstić information content (AvgIpc) is 2.99. The molecule has 2 fully saturated rings. The molecule has 1 aliphatic heterocycles. The largest absolute Gasteiger partial charge is 0.344 e. The summed E-state index contributed by atoms with van der Waals surface area (Å²) in [6.07, 6.45) is 3.06. The highest BCUT2D eigenvalue weighted by molar-refractivity contribution is 6.09. The van der Waals surface area contributed by atoms with Gasteiger partial charge in [-0.05, 0) is 42.7 Å². The summed E-state index contributed by atoms with van der Waals surface area (Å²) in [6, 6.07) is 18.5. The fourth-order valence-electron chi connectivity index (χ4n) is 4.41. The highest BCUT2D eigenvalue weighted by Gasteiger charge is 2.52. The van der Waals surface area contributed by atoms with E-state index in [-0.39, 0.29) is 24.4 Å². The van der Waals surface area contributed by atoms with E-state index in [9.17, 15) is 14.4 Å². The predicted octanol–water partition coefficient (Wildman–Crippen LogP) is 3.39. The van der Waals surface area contributed by atoms with Crippen molar-refractivity contribution in [3.8, 4) is 0 Å². The number of hydrogen-bond acceptors (Lipinski definition) is 3. The van der Waals surface area contributed by atoms with Gasteiger partial charge in [-0.2, -0.15) is 0 Å². The molecule has 2 aromatic carbocycles. The van der Waals surface area contributed by atoms with Crippen molar-refractivity contribution in [3.05, 3.63) is 71.8 Å². The van der Waals surface area contributed by atoms with Crippen LogP contribution >= 0.6 is 0 Å². The number of carbonyl (C=O) groups excluding carboxylic acids is 3. The second-order valence-electron chi connectivity index (χ2n) is 8.41. The molecular weight excluding hydrogens is 378 g/mol. The molecule has 4 rings (SSSR count). The Balaban J connectivity index is 1.49. The van der Waals surface area contributed by atoms with Crippen molar-refractivity contribution in [1.29, 1.82) is 0 Å². The molecule has 1 aliphatic carbocycles. The molecule has 0 aromatic heterocycles. The number of carbonyl (C=O) groups is 3. The van der Waals surface area contributed by atoms with Crippen molar-refractivity contribution in [2.75, 3.05) is 6.54 Å². The number of nitrogens with one attached hydrogen (secondary N) is 2. The first-order valence-electron chi connectivity index (χ1n) is 10.5. The topological polar surface area (TPSA) is 78.5 Å². The van der Waals surface area contributed by atoms with Crippen molar-refractivity contribution in [1.82, 2.24) is 15.5 Å². The van der Waals surface area contributed by atoms with Gasteiger partial charge in [-0.25, -0.2) is 4.79 Å². The summed E-state index contributed by atoms with van der Waals surface area (Å²) in [4.78, 5) is 39.5. The predicted molar refractivity (Wildman–Crippen MR) is 113 cm³/mol. The molecule has 0 radical (unpaired) electrons. The van der Waals surface area contributed by atoms with Crippen LogP contribution in [0.1, 0.15) is 49.8 Å². The standard InChI is InChI=1S/C24H27N3O3/c1-17-12-14-24(15-13-17)22(29)27(23(30)26-24)16-20(28)25-21(18-8-4-2-5-9-18)19-10-6-3-7-11-19/h2-11,17,21H,12-16H2,1H3,(H,25,28)(H,26,30). The van der Waals surface area contributed by atoms with Gasteiger partial charge in [0.1, 0.15) is 12.1 Å². The van der Waals surface area contributed by atoms with Crippen LogP contribution in [0.15, 0.2) is 60.7 Å². The Bertz CT molecular complexity index is 882. The molecule has 1 saturated heterocycles. The third kappa shape index (κ3) is 3.95. The van der Waals surface area contributed by atoms with E-state index < -0.39 is 11.6 Å². The Hall–Kier alpha value is -3.15. The van der Waals surface area contributed by atoms with E-state index in [0.717, 1.165) is 28.9 Å². The van der Waals surface area contributed by atoms with E-state index in [1.165, 1.54) is 0 Å². The summed E-state index contributed by atoms with van der Waals surface area (Å²) in [5.74, 6) is -0.0851. The number of imide groups is 1. The lowest BCUT2D eigenvalue weighted by atomic mass is 9.77. The van der Waals surface area contributed by atoms with Crippen molar-refractivity contribution >= 4 is 17.8 Å². The zero-order valence-electron chi connectivity index (χ0n) is 17.1. The SMILES string of the molecule is CC1CCC2(CC1)NC(=O)N(CC(=O)NC(c1ccccc1)c1ccccc1)C2=O. The smallest absolute Gasteiger partial charge is 0.325 e. The van der Waals surface area contributed by atoms with E-state index in [1.807, 2.05) is 60.7 Å². The van der Waals surface area contributed by atoms with Crippen LogP contribution in [0.2, 0.25) is 0 Å². The molecule has 2 N–H and O–H groups in total. The third-order valence-corrected chi connectivity index (χ3v) is 6.25. The maximum Gasteiger partial charge on any atom is 0.325 e. The first-order chi connectivity index (χ1) is 14.5. The van der Waals surface area contributed by atoms with Crippen molar-refractivity contribution < 1.29 is 14.4 Å². The zero-order valence-corrected chi connectivity index (χ0v) is 17.1. The van der Waals surface area contributed by atoms with Crippen molar-refractivity contribution in [2.24, 2.45) is 5.92 Å². The monoisotopic (exact) mass is 405 g/mol. The van der Waals surface area contributed by atoms with Crippen LogP contribution in [0.5, 0.6) is 0 Å². The normalized spacial score (nSPS) is 23.7. The number of nitrogens with zero attached hydrogens (tertiary/aromatic N) is 1. The summed E-state index contributed by atoms with van der Waals surface area (Å²) < 4.78 is 0. The van der Waals surface area contributed by atoms with E-state index >= 15 is 0 Å². The number of hydrogen-bond donors (Lipinski definition) is 2. The minimum absolute atomic E-state index is 0.273. The van der Waals surface area contributed by atoms with Gasteiger partial charge in [0.2, 0.25) is 5.91 Å². The van der Waals surface area contributed by atoms with Gasteiger partial charge in [0, 0.05) is 0 Å². The van der Waals surface area contributed by atoms with Gasteiger partial charge in [-0.15, -0.1) is 0 Å². The van der Waals surface area contributed by atoms with E-state index in [2.05, 4.69) is 17.6 Å². The number of amides is 4. The Morgan fingerprint density at radius 1 is 1.03 bits per heavy atom. The number of urea groups is 1. The molecule has 2 aliphatic rings. The van der Waals surface area contributed by atoms with Gasteiger partial charge in [-0.1, -0.05) is 67.6 Å². The Kier molecular flexibility index (Phi) is 5.57. The summed E-state index contributed by atoms with van der Waals surface area (Å²) in [6.45, 7) is 1.88. The molecule has 6 nitrogen and oxygen atoms in total. The summed E-state index contributed by atoms with van der Waals surface area (Å²) in [7, 11) is 0. The van der Waals surface area contributed by atoms with Gasteiger partial charge in [0.15, 0.2) is 0 Å². The van der Waals surface area contributed by atoms with E-state index in [1.54, 1.807) is 0 Å². The van der Waals surface area contributed by atoms with Crippen LogP contribution in [0.4, 0.5) is 4.79 Å². The number of rotatable bonds is 5. The van der Waals surface area contributed by atoms with Gasteiger partial charge in [-0.3, -0.25) is 14.5 Å². The molecule has 1 heterocycles. The third-order valence-electron chi connectivity index (χ3n) is 6.25. The molecule has 0 atom stereocenters. The molecule has 2 aromatic rings. The van der Waals surface area contributed by atoms with Crippen LogP contribution in [0, 0.1) is 5.92 Å². The molecular formula is C24H27N3O3. The fraction of sp³-hybridized carbons (Fsp3) is 0.375. The maximum atomic E-state index is 13.0. The Morgan fingerprint density at radius 3 is 2.10 bits per heavy atom. The highest BCUT2D eigenvalue weighted by Crippen LogP contribution is 2.36. The molecule has 0 bridgehead atoms. The van der Waals surface area contributed by atoms with Gasteiger partial charge < -0.3 is 10.6 Å². The van der Waals surface area contributed by atoms with Crippen LogP contribution in [-0.2, 0) is 9.59 Å². The van der Waals surface area contributed by atoms with Crippen LogP contribution in [0.3, 0.4) is 0 Å². The van der Waals surface area contributed by atoms with Gasteiger partial charge in [0.05, 0.1) is 6.04 Å². The second kappa shape index (κ2) is 8.30. The zero-order chi connectivity index (χ0) is 21.1. The lowest BCUT2D eigenvalue weighted by Gasteiger charge is -2.33. The van der Waals surface area contributed by atoms with E-state index in [0.29, 0.717) is 18.8 Å². The van der Waals surface area contributed by atoms with Gasteiger partial charge in [0.25, 0.3) is 5.91 Å². The average molecular weight is 405 g/mol. The minimum atomic E-state index is -0.831. The molecule has 30 heavy (non-hydrogen) atoms. The Labute approximate surface area is 176 Å². The number of benzene rings is 2. The van der Waals surface area contributed by atoms with Crippen molar-refractivity contribution in [2.45, 2.75) is 44.2 Å². The lowest BCUT2D eigenvalue weighted by Crippen LogP contribution is -2.50. The summed E-state index contributed by atoms with van der Waals surface area (Å²) in [5.41, 5.74) is 1.04. The lowest BCUT2D eigenvalue weighted by molar-refractivity contribution is -0.136. The second-order valence-corrected chi connectivity index (χ2v) is 8.41. The first kappa shape index (κ1) is 20.1. The van der Waals surface area contributed by atoms with E-state index in [4.69, 9.17) is 0 Å². The molecule has 1 saturated carbocycles. The summed E-state index contributed by atoms with van der Waals surface area (Å²) in [5, 5.41) is 5.87. The van der Waals surface area contributed by atoms with Crippen LogP contribution in [-0.4, -0.2) is 34.8 Å². The van der Waals surface area contributed by atoms with Crippen molar-refractivity contribution in [3.63, 3.8) is 0 Å². The quantitative estimate of drug-likeness (QED) is 0.749. The fourth-order valence-corrected chi connectivity index (χ4v) is 4.41. The van der Waals surface area contributed by atoms with Crippen LogP contribution < -0.4 is 10.6 Å². The highest BCUT2D eigenvalue weighted by atomic mass is 16.2. The minimum Gasteiger partial charge on any atom is -0.344 e. The molecule has 156 valence electrons. The maximum absolute atomic E-state index is 13.0. The van der Waals surface area contributed by atoms with Gasteiger partial charge >= 0.3 is 6.03 Å². The summed E-state index contributed by atoms with van der Waals surface area (Å²) >= 11 is 0. The Morgan fingerprint density at radius 2 is 1.57 bits per heavy atom. The molecule has 4 amide bonds.